The molecule has 0 radical (unpaired) electrons. The second-order valence-corrected chi connectivity index (χ2v) is 8.23. The van der Waals surface area contributed by atoms with Gasteiger partial charge in [0.05, 0.1) is 4.88 Å². The van der Waals surface area contributed by atoms with Crippen LogP contribution in [-0.2, 0) is 0 Å². The van der Waals surface area contributed by atoms with Crippen molar-refractivity contribution in [2.24, 2.45) is 0 Å². The van der Waals surface area contributed by atoms with E-state index in [1.54, 1.807) is 38.1 Å². The van der Waals surface area contributed by atoms with Gasteiger partial charge in [0, 0.05) is 27.4 Å². The standard InChI is InChI=1S/C20H16BrN5O2S/c1-11-12(2)22-20(24-18(11)27)26-17(10-15(25-26)16-7-4-8-29-16)23-19(28)13-5-3-6-14(21)9-13/h3-10H,1-2H3,(H,23,28)(H,22,24,27). The molecule has 0 saturated carbocycles. The fraction of sp³-hybridized carbons (Fsp3) is 0.100. The molecule has 0 aliphatic heterocycles. The molecule has 0 spiro atoms. The number of aromatic amines is 1. The Hall–Kier alpha value is -3.04. The molecule has 0 aliphatic rings. The van der Waals surface area contributed by atoms with Crippen molar-refractivity contribution in [3.63, 3.8) is 0 Å². The molecule has 0 atom stereocenters. The molecule has 4 rings (SSSR count). The predicted molar refractivity (Wildman–Crippen MR) is 117 cm³/mol. The van der Waals surface area contributed by atoms with Gasteiger partial charge in [-0.1, -0.05) is 28.1 Å². The van der Waals surface area contributed by atoms with Crippen molar-refractivity contribution in [3.05, 3.63) is 79.5 Å². The average molecular weight is 470 g/mol. The van der Waals surface area contributed by atoms with Crippen molar-refractivity contribution in [2.75, 3.05) is 5.32 Å². The highest BCUT2D eigenvalue weighted by Gasteiger charge is 2.17. The van der Waals surface area contributed by atoms with E-state index >= 15 is 0 Å². The highest BCUT2D eigenvalue weighted by Crippen LogP contribution is 2.27. The molecular formula is C20H16BrN5O2S. The summed E-state index contributed by atoms with van der Waals surface area (Å²) < 4.78 is 2.25. The van der Waals surface area contributed by atoms with Gasteiger partial charge in [0.25, 0.3) is 11.5 Å². The smallest absolute Gasteiger partial charge is 0.256 e. The molecule has 0 saturated heterocycles. The lowest BCUT2D eigenvalue weighted by molar-refractivity contribution is 0.102. The number of carbonyl (C=O) groups is 1. The zero-order valence-corrected chi connectivity index (χ0v) is 18.0. The minimum Gasteiger partial charge on any atom is -0.306 e. The maximum absolute atomic E-state index is 12.8. The van der Waals surface area contributed by atoms with Gasteiger partial charge in [0.15, 0.2) is 0 Å². The largest absolute Gasteiger partial charge is 0.306 e. The van der Waals surface area contributed by atoms with Gasteiger partial charge in [0.2, 0.25) is 5.95 Å². The van der Waals surface area contributed by atoms with Crippen LogP contribution in [-0.4, -0.2) is 25.7 Å². The molecule has 29 heavy (non-hydrogen) atoms. The highest BCUT2D eigenvalue weighted by atomic mass is 79.9. The first kappa shape index (κ1) is 19.3. The number of anilines is 1. The molecule has 7 nitrogen and oxygen atoms in total. The van der Waals surface area contributed by atoms with Gasteiger partial charge >= 0.3 is 0 Å². The molecule has 146 valence electrons. The molecular weight excluding hydrogens is 454 g/mol. The Labute approximate surface area is 178 Å². The average Bonchev–Trinajstić information content (AvgIpc) is 3.35. The number of nitrogens with zero attached hydrogens (tertiary/aromatic N) is 3. The van der Waals surface area contributed by atoms with E-state index in [-0.39, 0.29) is 17.4 Å². The number of halogens is 1. The van der Waals surface area contributed by atoms with E-state index in [4.69, 9.17) is 0 Å². The summed E-state index contributed by atoms with van der Waals surface area (Å²) in [5, 5.41) is 9.39. The summed E-state index contributed by atoms with van der Waals surface area (Å²) in [7, 11) is 0. The Kier molecular flexibility index (Phi) is 5.16. The fourth-order valence-electron chi connectivity index (χ4n) is 2.73. The Morgan fingerprint density at radius 1 is 1.21 bits per heavy atom. The normalized spacial score (nSPS) is 10.9. The second kappa shape index (κ2) is 7.76. The summed E-state index contributed by atoms with van der Waals surface area (Å²) in [5.74, 6) is 0.353. The molecule has 1 aromatic carbocycles. The van der Waals surface area contributed by atoms with Crippen LogP contribution in [0.3, 0.4) is 0 Å². The van der Waals surface area contributed by atoms with Gasteiger partial charge < -0.3 is 5.32 Å². The lowest BCUT2D eigenvalue weighted by Gasteiger charge is -2.09. The Morgan fingerprint density at radius 3 is 2.72 bits per heavy atom. The molecule has 9 heteroatoms. The summed E-state index contributed by atoms with van der Waals surface area (Å²) in [5.41, 5.74) is 2.06. The van der Waals surface area contributed by atoms with Crippen LogP contribution in [0.25, 0.3) is 16.5 Å². The summed E-state index contributed by atoms with van der Waals surface area (Å²) in [6.45, 7) is 3.47. The van der Waals surface area contributed by atoms with Crippen LogP contribution in [0.5, 0.6) is 0 Å². The molecule has 4 aromatic rings. The predicted octanol–water partition coefficient (Wildman–Crippen LogP) is 4.32. The number of rotatable bonds is 4. The molecule has 2 N–H and O–H groups in total. The van der Waals surface area contributed by atoms with Crippen LogP contribution in [0, 0.1) is 13.8 Å². The Balaban J connectivity index is 1.80. The van der Waals surface area contributed by atoms with Crippen molar-refractivity contribution < 1.29 is 4.79 Å². The van der Waals surface area contributed by atoms with Crippen LogP contribution < -0.4 is 10.9 Å². The van der Waals surface area contributed by atoms with Gasteiger partial charge in [-0.25, -0.2) is 4.98 Å². The Bertz CT molecular complexity index is 1260. The van der Waals surface area contributed by atoms with E-state index < -0.39 is 0 Å². The van der Waals surface area contributed by atoms with E-state index in [1.165, 1.54) is 16.0 Å². The number of carbonyl (C=O) groups excluding carboxylic acids is 1. The first-order chi connectivity index (χ1) is 13.9. The molecule has 3 aromatic heterocycles. The third kappa shape index (κ3) is 3.92. The number of hydrogen-bond acceptors (Lipinski definition) is 5. The zero-order valence-electron chi connectivity index (χ0n) is 15.6. The first-order valence-corrected chi connectivity index (χ1v) is 10.4. The quantitative estimate of drug-likeness (QED) is 0.465. The Morgan fingerprint density at radius 2 is 2.03 bits per heavy atom. The third-order valence-corrected chi connectivity index (χ3v) is 5.78. The maximum Gasteiger partial charge on any atom is 0.256 e. The van der Waals surface area contributed by atoms with E-state index in [0.717, 1.165) is 9.35 Å². The molecule has 0 fully saturated rings. The summed E-state index contributed by atoms with van der Waals surface area (Å²) in [4.78, 5) is 33.1. The van der Waals surface area contributed by atoms with E-state index in [0.29, 0.717) is 28.3 Å². The first-order valence-electron chi connectivity index (χ1n) is 8.71. The van der Waals surface area contributed by atoms with Crippen LogP contribution in [0.15, 0.2) is 57.1 Å². The number of aromatic nitrogens is 4. The molecule has 3 heterocycles. The van der Waals surface area contributed by atoms with Gasteiger partial charge in [-0.05, 0) is 43.5 Å². The van der Waals surface area contributed by atoms with Gasteiger partial charge in [0.1, 0.15) is 11.5 Å². The van der Waals surface area contributed by atoms with E-state index in [1.807, 2.05) is 23.6 Å². The number of thiophene rings is 1. The monoisotopic (exact) mass is 469 g/mol. The SMILES string of the molecule is Cc1nc(-n2nc(-c3cccs3)cc2NC(=O)c2cccc(Br)c2)[nH]c(=O)c1C. The third-order valence-electron chi connectivity index (χ3n) is 4.39. The lowest BCUT2D eigenvalue weighted by atomic mass is 10.2. The molecule has 0 aliphatic carbocycles. The number of hydrogen-bond donors (Lipinski definition) is 2. The molecule has 0 unspecified atom stereocenters. The van der Waals surface area contributed by atoms with E-state index in [2.05, 4.69) is 36.3 Å². The minimum atomic E-state index is -0.295. The van der Waals surface area contributed by atoms with Crippen molar-refractivity contribution >= 4 is 39.0 Å². The van der Waals surface area contributed by atoms with Crippen LogP contribution >= 0.6 is 27.3 Å². The number of H-pyrrole nitrogens is 1. The van der Waals surface area contributed by atoms with Crippen molar-refractivity contribution in [1.82, 2.24) is 19.7 Å². The molecule has 1 amide bonds. The van der Waals surface area contributed by atoms with E-state index in [9.17, 15) is 9.59 Å². The topological polar surface area (TPSA) is 92.7 Å². The summed E-state index contributed by atoms with van der Waals surface area (Å²) in [6.07, 6.45) is 0. The zero-order chi connectivity index (χ0) is 20.5. The van der Waals surface area contributed by atoms with Crippen molar-refractivity contribution in [1.29, 1.82) is 0 Å². The lowest BCUT2D eigenvalue weighted by Crippen LogP contribution is -2.20. The summed E-state index contributed by atoms with van der Waals surface area (Å²) >= 11 is 4.91. The van der Waals surface area contributed by atoms with Gasteiger partial charge in [-0.15, -0.1) is 11.3 Å². The summed E-state index contributed by atoms with van der Waals surface area (Å²) in [6, 6.07) is 12.7. The fourth-order valence-corrected chi connectivity index (χ4v) is 3.81. The number of benzene rings is 1. The molecule has 0 bridgehead atoms. The highest BCUT2D eigenvalue weighted by molar-refractivity contribution is 9.10. The number of aryl methyl sites for hydroxylation is 1. The van der Waals surface area contributed by atoms with Crippen LogP contribution in [0.1, 0.15) is 21.6 Å². The number of nitrogens with one attached hydrogen (secondary N) is 2. The van der Waals surface area contributed by atoms with Gasteiger partial charge in [-0.3, -0.25) is 14.6 Å². The minimum absolute atomic E-state index is 0.241. The van der Waals surface area contributed by atoms with Crippen LogP contribution in [0.2, 0.25) is 0 Å². The second-order valence-electron chi connectivity index (χ2n) is 6.37. The number of amides is 1. The van der Waals surface area contributed by atoms with Crippen molar-refractivity contribution in [2.45, 2.75) is 13.8 Å². The van der Waals surface area contributed by atoms with Crippen LogP contribution in [0.4, 0.5) is 5.82 Å². The van der Waals surface area contributed by atoms with Crippen molar-refractivity contribution in [3.8, 4) is 16.5 Å². The van der Waals surface area contributed by atoms with Gasteiger partial charge in [-0.2, -0.15) is 9.78 Å². The maximum atomic E-state index is 12.8.